The lowest BCUT2D eigenvalue weighted by molar-refractivity contribution is -0.131. The lowest BCUT2D eigenvalue weighted by atomic mass is 10.2. The highest BCUT2D eigenvalue weighted by Gasteiger charge is 1.97. The average Bonchev–Trinajstić information content (AvgIpc) is 2.51. The van der Waals surface area contributed by atoms with E-state index in [0.29, 0.717) is 0 Å². The third-order valence-electron chi connectivity index (χ3n) is 1.54. The van der Waals surface area contributed by atoms with Crippen LogP contribution < -0.4 is 0 Å². The molecule has 0 aliphatic heterocycles. The number of halogens is 1. The van der Waals surface area contributed by atoms with Crippen LogP contribution in [-0.2, 0) is 4.79 Å². The number of carboxylic acid groups (broad SMARTS) is 1. The fourth-order valence-corrected chi connectivity index (χ4v) is 2.29. The molecule has 1 aromatic rings. The number of hydrogen-bond acceptors (Lipinski definition) is 2. The lowest BCUT2D eigenvalue weighted by Crippen LogP contribution is -1.84. The van der Waals surface area contributed by atoms with E-state index >= 15 is 0 Å². The first kappa shape index (κ1) is 11.2. The van der Waals surface area contributed by atoms with Gasteiger partial charge in [-0.2, -0.15) is 0 Å². The third-order valence-corrected chi connectivity index (χ3v) is 3.37. The molecule has 1 rings (SSSR count). The summed E-state index contributed by atoms with van der Waals surface area (Å²) in [6.45, 7) is 1.95. The average molecular weight is 273 g/mol. The normalized spacial score (nSPS) is 12.3. The van der Waals surface area contributed by atoms with Crippen LogP contribution in [0.2, 0.25) is 0 Å². The summed E-state index contributed by atoms with van der Waals surface area (Å²) < 4.78 is 1.05. The number of allylic oxidation sites excluding steroid dienone is 3. The summed E-state index contributed by atoms with van der Waals surface area (Å²) in [6.07, 6.45) is 4.43. The molecular weight excluding hydrogens is 264 g/mol. The van der Waals surface area contributed by atoms with Gasteiger partial charge in [0, 0.05) is 20.8 Å². The minimum atomic E-state index is -0.929. The van der Waals surface area contributed by atoms with E-state index in [1.807, 2.05) is 18.4 Å². The minimum absolute atomic E-state index is 0.929. The molecule has 0 saturated carbocycles. The molecule has 4 heteroatoms. The fraction of sp³-hybridized carbons (Fsp3) is 0.100. The minimum Gasteiger partial charge on any atom is -0.478 e. The lowest BCUT2D eigenvalue weighted by Gasteiger charge is -1.92. The van der Waals surface area contributed by atoms with Gasteiger partial charge in [-0.05, 0) is 34.5 Å². The van der Waals surface area contributed by atoms with E-state index in [1.54, 1.807) is 17.4 Å². The van der Waals surface area contributed by atoms with Gasteiger partial charge in [-0.25, -0.2) is 4.79 Å². The molecule has 0 aromatic carbocycles. The second-order valence-corrected chi connectivity index (χ2v) is 4.50. The maximum absolute atomic E-state index is 10.2. The zero-order valence-corrected chi connectivity index (χ0v) is 9.93. The largest absolute Gasteiger partial charge is 0.478 e. The number of aliphatic carboxylic acids is 1. The molecule has 14 heavy (non-hydrogen) atoms. The van der Waals surface area contributed by atoms with E-state index in [2.05, 4.69) is 15.9 Å². The second kappa shape index (κ2) is 5.12. The van der Waals surface area contributed by atoms with Crippen molar-refractivity contribution in [2.45, 2.75) is 6.92 Å². The molecular formula is C10H9BrO2S. The Morgan fingerprint density at radius 1 is 1.64 bits per heavy atom. The van der Waals surface area contributed by atoms with Crippen LogP contribution in [0.1, 0.15) is 11.8 Å². The SMILES string of the molecule is C/C(=C\C=C\C(=O)O)c1cc(Br)cs1. The van der Waals surface area contributed by atoms with E-state index < -0.39 is 5.97 Å². The number of carbonyl (C=O) groups is 1. The highest BCUT2D eigenvalue weighted by molar-refractivity contribution is 9.10. The molecule has 0 unspecified atom stereocenters. The van der Waals surface area contributed by atoms with Crippen LogP contribution in [0, 0.1) is 0 Å². The molecule has 0 aliphatic carbocycles. The van der Waals surface area contributed by atoms with Gasteiger partial charge >= 0.3 is 5.97 Å². The summed E-state index contributed by atoms with van der Waals surface area (Å²) in [7, 11) is 0. The van der Waals surface area contributed by atoms with Crippen molar-refractivity contribution in [3.8, 4) is 0 Å². The second-order valence-electron chi connectivity index (χ2n) is 2.68. The first-order chi connectivity index (χ1) is 6.59. The summed E-state index contributed by atoms with van der Waals surface area (Å²) in [5.74, 6) is -0.929. The molecule has 0 spiro atoms. The van der Waals surface area contributed by atoms with Crippen LogP contribution in [0.3, 0.4) is 0 Å². The Morgan fingerprint density at radius 3 is 2.86 bits per heavy atom. The summed E-state index contributed by atoms with van der Waals surface area (Å²) >= 11 is 4.98. The first-order valence-corrected chi connectivity index (χ1v) is 5.59. The molecule has 0 fully saturated rings. The highest BCUT2D eigenvalue weighted by atomic mass is 79.9. The first-order valence-electron chi connectivity index (χ1n) is 3.92. The Kier molecular flexibility index (Phi) is 4.10. The quantitative estimate of drug-likeness (QED) is 0.675. The molecule has 2 nitrogen and oxygen atoms in total. The van der Waals surface area contributed by atoms with Gasteiger partial charge in [-0.1, -0.05) is 12.2 Å². The Bertz CT molecular complexity index is 391. The van der Waals surface area contributed by atoms with Crippen molar-refractivity contribution in [3.63, 3.8) is 0 Å². The van der Waals surface area contributed by atoms with Crippen LogP contribution in [0.15, 0.2) is 34.1 Å². The van der Waals surface area contributed by atoms with Crippen molar-refractivity contribution >= 4 is 38.8 Å². The van der Waals surface area contributed by atoms with Crippen molar-refractivity contribution in [1.82, 2.24) is 0 Å². The predicted molar refractivity (Wildman–Crippen MR) is 62.4 cm³/mol. The smallest absolute Gasteiger partial charge is 0.328 e. The zero-order chi connectivity index (χ0) is 10.6. The van der Waals surface area contributed by atoms with E-state index in [4.69, 9.17) is 5.11 Å². The molecule has 1 N–H and O–H groups in total. The third kappa shape index (κ3) is 3.47. The standard InChI is InChI=1S/C10H9BrO2S/c1-7(3-2-4-10(12)13)9-5-8(11)6-14-9/h2-6H,1H3,(H,12,13)/b4-2+,7-3+. The van der Waals surface area contributed by atoms with Gasteiger partial charge in [0.15, 0.2) is 0 Å². The van der Waals surface area contributed by atoms with Gasteiger partial charge in [0.05, 0.1) is 0 Å². The van der Waals surface area contributed by atoms with Crippen molar-refractivity contribution in [2.24, 2.45) is 0 Å². The van der Waals surface area contributed by atoms with Crippen molar-refractivity contribution in [3.05, 3.63) is 39.0 Å². The van der Waals surface area contributed by atoms with Crippen LogP contribution >= 0.6 is 27.3 Å². The predicted octanol–water partition coefficient (Wildman–Crippen LogP) is 3.55. The molecule has 0 atom stereocenters. The van der Waals surface area contributed by atoms with Gasteiger partial charge in [0.2, 0.25) is 0 Å². The molecule has 0 radical (unpaired) electrons. The van der Waals surface area contributed by atoms with E-state index in [9.17, 15) is 4.79 Å². The number of carboxylic acids is 1. The Hall–Kier alpha value is -0.870. The van der Waals surface area contributed by atoms with Gasteiger partial charge in [0.25, 0.3) is 0 Å². The van der Waals surface area contributed by atoms with Crippen molar-refractivity contribution in [2.75, 3.05) is 0 Å². The highest BCUT2D eigenvalue weighted by Crippen LogP contribution is 2.25. The molecule has 1 heterocycles. The monoisotopic (exact) mass is 272 g/mol. The molecule has 0 bridgehead atoms. The van der Waals surface area contributed by atoms with E-state index in [-0.39, 0.29) is 0 Å². The maximum atomic E-state index is 10.2. The molecule has 74 valence electrons. The Labute approximate surface area is 94.7 Å². The summed E-state index contributed by atoms with van der Waals surface area (Å²) in [5.41, 5.74) is 1.05. The summed E-state index contributed by atoms with van der Waals surface area (Å²) in [6, 6.07) is 2.01. The van der Waals surface area contributed by atoms with Gasteiger partial charge in [-0.3, -0.25) is 0 Å². The zero-order valence-electron chi connectivity index (χ0n) is 7.53. The fourth-order valence-electron chi connectivity index (χ4n) is 0.877. The van der Waals surface area contributed by atoms with Crippen LogP contribution in [0.4, 0.5) is 0 Å². The topological polar surface area (TPSA) is 37.3 Å². The molecule has 0 amide bonds. The van der Waals surface area contributed by atoms with Gasteiger partial charge < -0.3 is 5.11 Å². The van der Waals surface area contributed by atoms with Crippen LogP contribution in [0.5, 0.6) is 0 Å². The molecule has 0 aliphatic rings. The van der Waals surface area contributed by atoms with Gasteiger partial charge in [-0.15, -0.1) is 11.3 Å². The summed E-state index contributed by atoms with van der Waals surface area (Å²) in [4.78, 5) is 11.3. The molecule has 1 aromatic heterocycles. The van der Waals surface area contributed by atoms with E-state index in [0.717, 1.165) is 21.0 Å². The van der Waals surface area contributed by atoms with Crippen LogP contribution in [-0.4, -0.2) is 11.1 Å². The number of hydrogen-bond donors (Lipinski definition) is 1. The number of rotatable bonds is 3. The number of thiophene rings is 1. The molecule has 0 saturated heterocycles. The van der Waals surface area contributed by atoms with Crippen molar-refractivity contribution < 1.29 is 9.90 Å². The van der Waals surface area contributed by atoms with Crippen molar-refractivity contribution in [1.29, 1.82) is 0 Å². The Morgan fingerprint density at radius 2 is 2.36 bits per heavy atom. The summed E-state index contributed by atoms with van der Waals surface area (Å²) in [5, 5.41) is 10.4. The van der Waals surface area contributed by atoms with Crippen LogP contribution in [0.25, 0.3) is 5.57 Å². The maximum Gasteiger partial charge on any atom is 0.328 e. The van der Waals surface area contributed by atoms with Gasteiger partial charge in [0.1, 0.15) is 0 Å². The van der Waals surface area contributed by atoms with E-state index in [1.165, 1.54) is 6.08 Å². The Balaban J connectivity index is 2.75.